The SMILES string of the molecule is CCCCCC[C@@H](C)C[C@H](NC(=O)C(C)(C)NC(=O)C(C)(C)NC(=O)[C@H](CC(C)C)NC(=O)[C@@H]1CCCN1C(=O)CCC)C(=O)N[C@@H](CC(C)C)C(=O)NC(C)(C)C(=O)N[C@@H](CC(C)C)C(=O)NCCC(=O)N[C@@H](C)CNCCO. The summed E-state index contributed by atoms with van der Waals surface area (Å²) in [5, 5.41) is 37.1. The number of carbonyl (C=O) groups is 10. The van der Waals surface area contributed by atoms with Crippen molar-refractivity contribution in [1.82, 2.24) is 58.1 Å². The molecule has 11 N–H and O–H groups in total. The molecule has 1 heterocycles. The van der Waals surface area contributed by atoms with E-state index in [4.69, 9.17) is 5.11 Å². The second kappa shape index (κ2) is 35.5. The lowest BCUT2D eigenvalue weighted by atomic mass is 9.93. The molecule has 0 unspecified atom stereocenters. The average molecular weight is 1130 g/mol. The molecule has 460 valence electrons. The highest BCUT2D eigenvalue weighted by molar-refractivity contribution is 6.00. The maximum atomic E-state index is 14.5. The molecular formula is C58H107N11O11. The topological polar surface area (TPSA) is 314 Å². The van der Waals surface area contributed by atoms with Gasteiger partial charge in [0.15, 0.2) is 0 Å². The molecule has 1 saturated heterocycles. The normalized spacial score (nSPS) is 16.1. The summed E-state index contributed by atoms with van der Waals surface area (Å²) < 4.78 is 0. The van der Waals surface area contributed by atoms with Gasteiger partial charge in [-0.3, -0.25) is 47.9 Å². The highest BCUT2D eigenvalue weighted by Gasteiger charge is 2.42. The average Bonchev–Trinajstić information content (AvgIpc) is 3.84. The van der Waals surface area contributed by atoms with Crippen LogP contribution in [0.1, 0.15) is 201 Å². The summed E-state index contributed by atoms with van der Waals surface area (Å²) >= 11 is 0. The summed E-state index contributed by atoms with van der Waals surface area (Å²) in [6, 6.07) is -5.27. The van der Waals surface area contributed by atoms with E-state index in [9.17, 15) is 47.9 Å². The number of likely N-dealkylation sites (tertiary alicyclic amines) is 1. The first-order chi connectivity index (χ1) is 37.2. The van der Waals surface area contributed by atoms with Crippen molar-refractivity contribution >= 4 is 59.1 Å². The van der Waals surface area contributed by atoms with Gasteiger partial charge in [-0.1, -0.05) is 94.4 Å². The van der Waals surface area contributed by atoms with Gasteiger partial charge in [0.2, 0.25) is 59.1 Å². The van der Waals surface area contributed by atoms with Crippen LogP contribution in [0, 0.1) is 23.7 Å². The smallest absolute Gasteiger partial charge is 0.246 e. The third-order valence-electron chi connectivity index (χ3n) is 14.0. The van der Waals surface area contributed by atoms with E-state index in [0.717, 1.165) is 32.1 Å². The number of aliphatic hydroxyl groups is 1. The van der Waals surface area contributed by atoms with Crippen molar-refractivity contribution in [1.29, 1.82) is 0 Å². The van der Waals surface area contributed by atoms with Crippen LogP contribution >= 0.6 is 0 Å². The van der Waals surface area contributed by atoms with Crippen molar-refractivity contribution < 1.29 is 53.1 Å². The fourth-order valence-corrected chi connectivity index (χ4v) is 9.31. The van der Waals surface area contributed by atoms with Crippen molar-refractivity contribution in [3.05, 3.63) is 0 Å². The molecule has 7 atom stereocenters. The van der Waals surface area contributed by atoms with Gasteiger partial charge < -0.3 is 63.2 Å². The van der Waals surface area contributed by atoms with Gasteiger partial charge in [0.05, 0.1) is 6.61 Å². The molecule has 1 rings (SSSR count). The molecule has 0 aromatic heterocycles. The van der Waals surface area contributed by atoms with Crippen LogP contribution in [0.4, 0.5) is 0 Å². The molecule has 0 aromatic carbocycles. The summed E-state index contributed by atoms with van der Waals surface area (Å²) in [6.45, 7) is 29.2. The predicted octanol–water partition coefficient (Wildman–Crippen LogP) is 3.13. The Morgan fingerprint density at radius 1 is 0.537 bits per heavy atom. The fraction of sp³-hybridized carbons (Fsp3) is 0.828. The minimum Gasteiger partial charge on any atom is -0.395 e. The lowest BCUT2D eigenvalue weighted by Gasteiger charge is -2.34. The fourth-order valence-electron chi connectivity index (χ4n) is 9.31. The third kappa shape index (κ3) is 26.9. The first-order valence-electron chi connectivity index (χ1n) is 29.6. The second-order valence-electron chi connectivity index (χ2n) is 25.0. The third-order valence-corrected chi connectivity index (χ3v) is 14.0. The number of rotatable bonds is 38. The summed E-state index contributed by atoms with van der Waals surface area (Å²) in [5.41, 5.74) is -4.83. The second-order valence-corrected chi connectivity index (χ2v) is 25.0. The van der Waals surface area contributed by atoms with Gasteiger partial charge in [0.1, 0.15) is 46.8 Å². The Morgan fingerprint density at radius 3 is 1.55 bits per heavy atom. The first kappa shape index (κ1) is 72.6. The number of carbonyl (C=O) groups excluding carboxylic acids is 10. The number of aliphatic hydroxyl groups excluding tert-OH is 1. The largest absolute Gasteiger partial charge is 0.395 e. The van der Waals surface area contributed by atoms with Gasteiger partial charge in [-0.2, -0.15) is 0 Å². The van der Waals surface area contributed by atoms with E-state index < -0.39 is 94.1 Å². The lowest BCUT2D eigenvalue weighted by molar-refractivity contribution is -0.141. The molecule has 22 heteroatoms. The molecule has 0 bridgehead atoms. The Labute approximate surface area is 478 Å². The summed E-state index contributed by atoms with van der Waals surface area (Å²) in [4.78, 5) is 139. The molecule has 80 heavy (non-hydrogen) atoms. The highest BCUT2D eigenvalue weighted by atomic mass is 16.3. The van der Waals surface area contributed by atoms with Crippen molar-refractivity contribution in [3.63, 3.8) is 0 Å². The van der Waals surface area contributed by atoms with E-state index in [1.54, 1.807) is 4.90 Å². The number of nitrogens with one attached hydrogen (secondary N) is 10. The van der Waals surface area contributed by atoms with Gasteiger partial charge in [-0.25, -0.2) is 0 Å². The lowest BCUT2D eigenvalue weighted by Crippen LogP contribution is -2.66. The zero-order valence-corrected chi connectivity index (χ0v) is 51.7. The summed E-state index contributed by atoms with van der Waals surface area (Å²) in [7, 11) is 0. The van der Waals surface area contributed by atoms with Crippen molar-refractivity contribution in [2.24, 2.45) is 23.7 Å². The number of amides is 10. The van der Waals surface area contributed by atoms with Crippen molar-refractivity contribution in [3.8, 4) is 0 Å². The zero-order valence-electron chi connectivity index (χ0n) is 51.7. The van der Waals surface area contributed by atoms with Crippen molar-refractivity contribution in [2.75, 3.05) is 32.8 Å². The van der Waals surface area contributed by atoms with Crippen LogP contribution in [0.3, 0.4) is 0 Å². The van der Waals surface area contributed by atoms with Gasteiger partial charge in [-0.05, 0) is 117 Å². The summed E-state index contributed by atoms with van der Waals surface area (Å²) in [6.07, 6.45) is 7.68. The first-order valence-corrected chi connectivity index (χ1v) is 29.6. The minimum absolute atomic E-state index is 0.00595. The van der Waals surface area contributed by atoms with Gasteiger partial charge in [-0.15, -0.1) is 0 Å². The van der Waals surface area contributed by atoms with E-state index in [-0.39, 0.29) is 86.8 Å². The van der Waals surface area contributed by atoms with Gasteiger partial charge >= 0.3 is 0 Å². The van der Waals surface area contributed by atoms with Crippen LogP contribution in [0.2, 0.25) is 0 Å². The van der Waals surface area contributed by atoms with Crippen molar-refractivity contribution in [2.45, 2.75) is 254 Å². The molecule has 0 aromatic rings. The Balaban J connectivity index is 3.31. The Hall–Kier alpha value is -5.38. The van der Waals surface area contributed by atoms with E-state index in [0.29, 0.717) is 45.3 Å². The zero-order chi connectivity index (χ0) is 61.1. The molecule has 10 amide bonds. The molecular weight excluding hydrogens is 1030 g/mol. The van der Waals surface area contributed by atoms with E-state index >= 15 is 0 Å². The van der Waals surface area contributed by atoms with Crippen LogP contribution in [0.25, 0.3) is 0 Å². The molecule has 0 aliphatic carbocycles. The molecule has 1 aliphatic heterocycles. The Morgan fingerprint density at radius 2 is 1.04 bits per heavy atom. The van der Waals surface area contributed by atoms with Crippen LogP contribution < -0.4 is 53.2 Å². The molecule has 0 radical (unpaired) electrons. The molecule has 1 aliphatic rings. The maximum absolute atomic E-state index is 14.5. The number of hydrogen-bond acceptors (Lipinski definition) is 12. The van der Waals surface area contributed by atoms with Crippen LogP contribution in [-0.2, 0) is 47.9 Å². The maximum Gasteiger partial charge on any atom is 0.246 e. The monoisotopic (exact) mass is 1130 g/mol. The number of hydrogen-bond donors (Lipinski definition) is 11. The number of unbranched alkanes of at least 4 members (excludes halogenated alkanes) is 3. The van der Waals surface area contributed by atoms with E-state index in [1.165, 1.54) is 41.5 Å². The van der Waals surface area contributed by atoms with Gasteiger partial charge in [0.25, 0.3) is 0 Å². The van der Waals surface area contributed by atoms with Crippen LogP contribution in [0.15, 0.2) is 0 Å². The molecule has 22 nitrogen and oxygen atoms in total. The van der Waals surface area contributed by atoms with Crippen LogP contribution in [-0.4, -0.2) is 155 Å². The standard InChI is InChI=1S/C58H107N11O11/c1-17-19-20-21-24-39(9)34-44(65-54(79)57(13,14)68-55(80)58(15,16)67-51(76)43(33-38(7)8)63-52(77)45-25-22-29-69(45)47(72)23-18-2)49(74)62-42(32-37(5)6)50(75)66-56(11,12)53(78)64-41(31-36(3)4)48(73)60-27-26-46(71)61-40(10)35-59-28-30-70/h36-45,59,70H,17-35H2,1-16H3,(H,60,73)(H,61,71)(H,62,74)(H,63,77)(H,64,78)(H,65,79)(H,66,75)(H,67,76)(H,68,80)/t39-,40+,41+,42+,43+,44+,45+/m1/s1. The Bertz CT molecular complexity index is 2030. The van der Waals surface area contributed by atoms with Gasteiger partial charge in [0, 0.05) is 45.1 Å². The predicted molar refractivity (Wildman–Crippen MR) is 310 cm³/mol. The van der Waals surface area contributed by atoms with E-state index in [2.05, 4.69) is 60.1 Å². The molecule has 0 saturated carbocycles. The minimum atomic E-state index is -1.65. The highest BCUT2D eigenvalue weighted by Crippen LogP contribution is 2.22. The number of nitrogens with zero attached hydrogens (tertiary/aromatic N) is 1. The molecule has 0 spiro atoms. The molecule has 1 fully saturated rings. The summed E-state index contributed by atoms with van der Waals surface area (Å²) in [5.74, 6) is -5.58. The Kier molecular flexibility index (Phi) is 32.2. The van der Waals surface area contributed by atoms with E-state index in [1.807, 2.05) is 62.3 Å². The van der Waals surface area contributed by atoms with Crippen LogP contribution in [0.5, 0.6) is 0 Å². The quantitative estimate of drug-likeness (QED) is 0.0398.